The summed E-state index contributed by atoms with van der Waals surface area (Å²) < 4.78 is 27.7. The predicted octanol–water partition coefficient (Wildman–Crippen LogP) is 1.33. The topological polar surface area (TPSA) is 75.5 Å². The quantitative estimate of drug-likeness (QED) is 0.786. The summed E-state index contributed by atoms with van der Waals surface area (Å²) in [5.41, 5.74) is 1.51. The van der Waals surface area contributed by atoms with Gasteiger partial charge in [-0.25, -0.2) is 17.7 Å². The lowest BCUT2D eigenvalue weighted by atomic mass is 10.2. The van der Waals surface area contributed by atoms with E-state index in [2.05, 4.69) is 4.98 Å². The molecule has 1 amide bonds. The summed E-state index contributed by atoms with van der Waals surface area (Å²) in [6.45, 7) is 2.71. The summed E-state index contributed by atoms with van der Waals surface area (Å²) in [6, 6.07) is 4.97. The van der Waals surface area contributed by atoms with Crippen molar-refractivity contribution in [2.45, 2.75) is 31.2 Å². The third-order valence-electron chi connectivity index (χ3n) is 3.95. The number of benzene rings is 1. The Kier molecular flexibility index (Phi) is 5.29. The first-order valence-corrected chi connectivity index (χ1v) is 9.24. The predicted molar refractivity (Wildman–Crippen MR) is 93.3 cm³/mol. The number of aryl methyl sites for hydroxylation is 2. The molecule has 0 N–H and O–H groups in total. The minimum absolute atomic E-state index is 0.0422. The third kappa shape index (κ3) is 3.44. The van der Waals surface area contributed by atoms with Crippen molar-refractivity contribution in [3.8, 4) is 0 Å². The van der Waals surface area contributed by atoms with Gasteiger partial charge in [0.05, 0.1) is 15.9 Å². The Morgan fingerprint density at radius 2 is 1.88 bits per heavy atom. The molecule has 0 unspecified atom stereocenters. The van der Waals surface area contributed by atoms with E-state index < -0.39 is 10.0 Å². The van der Waals surface area contributed by atoms with Crippen LogP contribution in [0.5, 0.6) is 0 Å². The van der Waals surface area contributed by atoms with E-state index in [4.69, 9.17) is 0 Å². The van der Waals surface area contributed by atoms with E-state index >= 15 is 0 Å². The van der Waals surface area contributed by atoms with Crippen LogP contribution in [0.4, 0.5) is 0 Å². The monoisotopic (exact) mass is 352 g/mol. The van der Waals surface area contributed by atoms with Gasteiger partial charge >= 0.3 is 0 Å². The molecule has 0 saturated carbocycles. The van der Waals surface area contributed by atoms with E-state index in [-0.39, 0.29) is 10.8 Å². The number of nitrogens with zero attached hydrogens (tertiary/aromatic N) is 4. The van der Waals surface area contributed by atoms with Gasteiger partial charge in [0.2, 0.25) is 15.9 Å². The number of carbonyl (C=O) groups is 1. The maximum Gasteiger partial charge on any atom is 0.242 e. The lowest BCUT2D eigenvalue weighted by Crippen LogP contribution is -2.22. The van der Waals surface area contributed by atoms with Gasteiger partial charge in [-0.3, -0.25) is 4.79 Å². The number of hydrogen-bond acceptors (Lipinski definition) is 4. The standard InChI is InChI=1S/C16H24N4O3S/c1-6-20-14-8-7-12(24(22,23)19(4)5)11-13(14)17-15(20)9-10-16(21)18(2)3/h7-8,11H,6,9-10H2,1-5H3. The molecule has 0 aliphatic carbocycles. The molecule has 8 heteroatoms. The molecule has 0 atom stereocenters. The zero-order valence-electron chi connectivity index (χ0n) is 14.8. The molecule has 0 spiro atoms. The van der Waals surface area contributed by atoms with Crippen molar-refractivity contribution >= 4 is 27.0 Å². The molecule has 132 valence electrons. The van der Waals surface area contributed by atoms with Gasteiger partial charge in [-0.2, -0.15) is 0 Å². The fourth-order valence-corrected chi connectivity index (χ4v) is 3.44. The highest BCUT2D eigenvalue weighted by Gasteiger charge is 2.19. The van der Waals surface area contributed by atoms with Crippen LogP contribution in [0.25, 0.3) is 11.0 Å². The van der Waals surface area contributed by atoms with Gasteiger partial charge in [0.25, 0.3) is 0 Å². The average molecular weight is 352 g/mol. The van der Waals surface area contributed by atoms with Crippen molar-refractivity contribution in [1.29, 1.82) is 0 Å². The van der Waals surface area contributed by atoms with Gasteiger partial charge in [-0.05, 0) is 25.1 Å². The molecule has 1 aromatic carbocycles. The van der Waals surface area contributed by atoms with Gasteiger partial charge in [0.1, 0.15) is 5.82 Å². The zero-order chi connectivity index (χ0) is 18.1. The summed E-state index contributed by atoms with van der Waals surface area (Å²) in [4.78, 5) is 18.1. The maximum atomic E-state index is 12.3. The number of aromatic nitrogens is 2. The molecule has 1 heterocycles. The Hall–Kier alpha value is -1.93. The van der Waals surface area contributed by atoms with Crippen LogP contribution in [0.2, 0.25) is 0 Å². The molecule has 0 aliphatic rings. The number of fused-ring (bicyclic) bond motifs is 1. The minimum Gasteiger partial charge on any atom is -0.349 e. The van der Waals surface area contributed by atoms with Gasteiger partial charge in [0, 0.05) is 47.6 Å². The molecular formula is C16H24N4O3S. The Balaban J connectivity index is 2.43. The van der Waals surface area contributed by atoms with Gasteiger partial charge < -0.3 is 9.47 Å². The van der Waals surface area contributed by atoms with E-state index in [0.29, 0.717) is 24.9 Å². The van der Waals surface area contributed by atoms with Gasteiger partial charge in [-0.15, -0.1) is 0 Å². The molecule has 0 bridgehead atoms. The fourth-order valence-electron chi connectivity index (χ4n) is 2.52. The highest BCUT2D eigenvalue weighted by molar-refractivity contribution is 7.89. The Morgan fingerprint density at radius 3 is 2.42 bits per heavy atom. The second-order valence-electron chi connectivity index (χ2n) is 6.00. The number of carbonyl (C=O) groups excluding carboxylic acids is 1. The second-order valence-corrected chi connectivity index (χ2v) is 8.15. The van der Waals surface area contributed by atoms with Crippen molar-refractivity contribution in [3.05, 3.63) is 24.0 Å². The molecule has 7 nitrogen and oxygen atoms in total. The first-order chi connectivity index (χ1) is 11.2. The molecule has 24 heavy (non-hydrogen) atoms. The van der Waals surface area contributed by atoms with Crippen LogP contribution in [0, 0.1) is 0 Å². The summed E-state index contributed by atoms with van der Waals surface area (Å²) >= 11 is 0. The van der Waals surface area contributed by atoms with Crippen molar-refractivity contribution in [3.63, 3.8) is 0 Å². The smallest absolute Gasteiger partial charge is 0.242 e. The summed E-state index contributed by atoms with van der Waals surface area (Å²) in [7, 11) is 2.96. The first-order valence-electron chi connectivity index (χ1n) is 7.80. The van der Waals surface area contributed by atoms with Crippen molar-refractivity contribution in [2.24, 2.45) is 0 Å². The number of rotatable bonds is 6. The van der Waals surface area contributed by atoms with Crippen molar-refractivity contribution in [1.82, 2.24) is 18.8 Å². The summed E-state index contributed by atoms with van der Waals surface area (Å²) in [5, 5.41) is 0. The highest BCUT2D eigenvalue weighted by Crippen LogP contribution is 2.22. The normalized spacial score (nSPS) is 12.1. The zero-order valence-corrected chi connectivity index (χ0v) is 15.6. The Morgan fingerprint density at radius 1 is 1.21 bits per heavy atom. The fraction of sp³-hybridized carbons (Fsp3) is 0.500. The highest BCUT2D eigenvalue weighted by atomic mass is 32.2. The van der Waals surface area contributed by atoms with Gasteiger partial charge in [-0.1, -0.05) is 0 Å². The van der Waals surface area contributed by atoms with E-state index in [1.54, 1.807) is 37.2 Å². The number of sulfonamides is 1. The number of amides is 1. The molecular weight excluding hydrogens is 328 g/mol. The Bertz CT molecular complexity index is 854. The molecule has 1 aromatic heterocycles. The third-order valence-corrected chi connectivity index (χ3v) is 5.77. The van der Waals surface area contributed by atoms with Crippen LogP contribution in [0.3, 0.4) is 0 Å². The molecule has 0 fully saturated rings. The van der Waals surface area contributed by atoms with Crippen LogP contribution >= 0.6 is 0 Å². The van der Waals surface area contributed by atoms with Crippen LogP contribution < -0.4 is 0 Å². The van der Waals surface area contributed by atoms with Crippen LogP contribution in [-0.2, 0) is 27.8 Å². The lowest BCUT2D eigenvalue weighted by molar-refractivity contribution is -0.128. The largest absolute Gasteiger partial charge is 0.349 e. The molecule has 0 saturated heterocycles. The van der Waals surface area contributed by atoms with E-state index in [9.17, 15) is 13.2 Å². The number of hydrogen-bond donors (Lipinski definition) is 0. The number of imidazole rings is 1. The lowest BCUT2D eigenvalue weighted by Gasteiger charge is -2.11. The summed E-state index contributed by atoms with van der Waals surface area (Å²) in [5.74, 6) is 0.836. The van der Waals surface area contributed by atoms with Crippen LogP contribution in [0.15, 0.2) is 23.1 Å². The minimum atomic E-state index is -3.49. The van der Waals surface area contributed by atoms with Gasteiger partial charge in [0.15, 0.2) is 0 Å². The maximum absolute atomic E-state index is 12.3. The van der Waals surface area contributed by atoms with Crippen molar-refractivity contribution in [2.75, 3.05) is 28.2 Å². The Labute approximate surface area is 142 Å². The van der Waals surface area contributed by atoms with E-state index in [1.807, 2.05) is 11.5 Å². The van der Waals surface area contributed by atoms with Crippen LogP contribution in [0.1, 0.15) is 19.2 Å². The molecule has 2 rings (SSSR count). The molecule has 0 aliphatic heterocycles. The second kappa shape index (κ2) is 6.90. The van der Waals surface area contributed by atoms with Crippen molar-refractivity contribution < 1.29 is 13.2 Å². The van der Waals surface area contributed by atoms with Crippen LogP contribution in [-0.4, -0.2) is 61.3 Å². The summed E-state index contributed by atoms with van der Waals surface area (Å²) in [6.07, 6.45) is 0.897. The average Bonchev–Trinajstić information content (AvgIpc) is 2.88. The van der Waals surface area contributed by atoms with E-state index in [1.165, 1.54) is 18.4 Å². The molecule has 0 radical (unpaired) electrons. The van der Waals surface area contributed by atoms with E-state index in [0.717, 1.165) is 11.3 Å². The SMILES string of the molecule is CCn1c(CCC(=O)N(C)C)nc2cc(S(=O)(=O)N(C)C)ccc21. The first kappa shape index (κ1) is 18.4. The molecule has 2 aromatic rings.